The Hall–Kier alpha value is -1.92. The summed E-state index contributed by atoms with van der Waals surface area (Å²) in [5, 5.41) is 11.2. The third-order valence-corrected chi connectivity index (χ3v) is 3.38. The normalized spacial score (nSPS) is 11.2. The van der Waals surface area contributed by atoms with Gasteiger partial charge in [-0.2, -0.15) is 5.26 Å². The van der Waals surface area contributed by atoms with E-state index in [2.05, 4.69) is 6.07 Å². The number of fused-ring (bicyclic) bond motifs is 2. The Bertz CT molecular complexity index is 747. The molecule has 18 heavy (non-hydrogen) atoms. The lowest BCUT2D eigenvalue weighted by molar-refractivity contribution is 0.573. The van der Waals surface area contributed by atoms with Gasteiger partial charge in [0.2, 0.25) is 0 Å². The van der Waals surface area contributed by atoms with E-state index in [1.54, 1.807) is 0 Å². The zero-order chi connectivity index (χ0) is 12.9. The van der Waals surface area contributed by atoms with E-state index >= 15 is 0 Å². The van der Waals surface area contributed by atoms with Gasteiger partial charge in [0.25, 0.3) is 0 Å². The molecule has 3 aromatic rings. The maximum absolute atomic E-state index is 8.97. The summed E-state index contributed by atoms with van der Waals surface area (Å²) in [7, 11) is 0. The lowest BCUT2D eigenvalue weighted by atomic mass is 10.0. The predicted octanol–water partition coefficient (Wildman–Crippen LogP) is 4.52. The fraction of sp³-hybridized carbons (Fsp3) is 0.214. The summed E-state index contributed by atoms with van der Waals surface area (Å²) < 4.78 is 11.3. The Morgan fingerprint density at radius 3 is 2.39 bits per heavy atom. The number of nitriles is 1. The third-order valence-electron chi connectivity index (χ3n) is 3.00. The fourth-order valence-corrected chi connectivity index (χ4v) is 2.58. The van der Waals surface area contributed by atoms with Crippen molar-refractivity contribution in [2.24, 2.45) is 0 Å². The first-order valence-electron chi connectivity index (χ1n) is 5.59. The van der Waals surface area contributed by atoms with Gasteiger partial charge in [-0.25, -0.2) is 0 Å². The summed E-state index contributed by atoms with van der Waals surface area (Å²) in [6.45, 7) is 3.72. The SMILES string of the molecule is Cc1cc2c(CC#N)c3oc(C)cc3c(Cl)c2o1. The van der Waals surface area contributed by atoms with Crippen molar-refractivity contribution in [3.63, 3.8) is 0 Å². The Morgan fingerprint density at radius 1 is 1.11 bits per heavy atom. The smallest absolute Gasteiger partial charge is 0.154 e. The van der Waals surface area contributed by atoms with Crippen LogP contribution in [0.15, 0.2) is 21.0 Å². The van der Waals surface area contributed by atoms with Crippen molar-refractivity contribution in [1.82, 2.24) is 0 Å². The van der Waals surface area contributed by atoms with Gasteiger partial charge in [0.15, 0.2) is 5.58 Å². The Balaban J connectivity index is 2.57. The second kappa shape index (κ2) is 3.79. The van der Waals surface area contributed by atoms with Crippen molar-refractivity contribution < 1.29 is 8.83 Å². The van der Waals surface area contributed by atoms with Crippen LogP contribution in [0.5, 0.6) is 0 Å². The summed E-state index contributed by atoms with van der Waals surface area (Å²) in [6, 6.07) is 5.93. The minimum absolute atomic E-state index is 0.274. The number of furan rings is 2. The molecule has 0 amide bonds. The van der Waals surface area contributed by atoms with Gasteiger partial charge in [0.1, 0.15) is 17.1 Å². The van der Waals surface area contributed by atoms with Crippen LogP contribution in [0.3, 0.4) is 0 Å². The van der Waals surface area contributed by atoms with E-state index < -0.39 is 0 Å². The first-order chi connectivity index (χ1) is 8.61. The van der Waals surface area contributed by atoms with E-state index in [9.17, 15) is 0 Å². The minimum Gasteiger partial charge on any atom is -0.461 e. The summed E-state index contributed by atoms with van der Waals surface area (Å²) in [5.41, 5.74) is 2.16. The van der Waals surface area contributed by atoms with Gasteiger partial charge in [0.05, 0.1) is 17.5 Å². The fourth-order valence-electron chi connectivity index (χ4n) is 2.30. The predicted molar refractivity (Wildman–Crippen MR) is 69.8 cm³/mol. The molecule has 2 heterocycles. The molecule has 0 N–H and O–H groups in total. The maximum Gasteiger partial charge on any atom is 0.154 e. The molecule has 90 valence electrons. The van der Waals surface area contributed by atoms with Gasteiger partial charge >= 0.3 is 0 Å². The molecule has 3 rings (SSSR count). The molecule has 0 spiro atoms. The van der Waals surface area contributed by atoms with Gasteiger partial charge in [-0.1, -0.05) is 11.6 Å². The Morgan fingerprint density at radius 2 is 1.72 bits per heavy atom. The van der Waals surface area contributed by atoms with Crippen LogP contribution >= 0.6 is 11.6 Å². The van der Waals surface area contributed by atoms with E-state index in [0.29, 0.717) is 16.2 Å². The molecule has 1 aromatic carbocycles. The second-order valence-corrected chi connectivity index (χ2v) is 4.71. The second-order valence-electron chi connectivity index (χ2n) is 4.33. The Kier molecular flexibility index (Phi) is 2.36. The summed E-state index contributed by atoms with van der Waals surface area (Å²) >= 11 is 6.34. The number of rotatable bonds is 1. The van der Waals surface area contributed by atoms with Crippen LogP contribution in [0.1, 0.15) is 17.1 Å². The molecule has 0 radical (unpaired) electrons. The maximum atomic E-state index is 8.97. The molecule has 4 heteroatoms. The van der Waals surface area contributed by atoms with Crippen molar-refractivity contribution in [3.05, 3.63) is 34.2 Å². The monoisotopic (exact) mass is 259 g/mol. The van der Waals surface area contributed by atoms with E-state index in [-0.39, 0.29) is 6.42 Å². The first kappa shape index (κ1) is 11.2. The molecule has 0 unspecified atom stereocenters. The molecule has 0 aliphatic carbocycles. The molecular formula is C14H10ClNO2. The van der Waals surface area contributed by atoms with Crippen molar-refractivity contribution in [2.75, 3.05) is 0 Å². The van der Waals surface area contributed by atoms with Crippen LogP contribution in [-0.4, -0.2) is 0 Å². The highest BCUT2D eigenvalue weighted by molar-refractivity contribution is 6.40. The average Bonchev–Trinajstić information content (AvgIpc) is 2.88. The molecule has 0 saturated heterocycles. The topological polar surface area (TPSA) is 50.1 Å². The summed E-state index contributed by atoms with van der Waals surface area (Å²) in [5.74, 6) is 1.55. The van der Waals surface area contributed by atoms with Gasteiger partial charge in [-0.3, -0.25) is 0 Å². The number of benzene rings is 1. The van der Waals surface area contributed by atoms with Crippen LogP contribution in [-0.2, 0) is 6.42 Å². The quantitative estimate of drug-likeness (QED) is 0.646. The molecule has 0 bridgehead atoms. The molecule has 2 aromatic heterocycles. The van der Waals surface area contributed by atoms with Crippen molar-refractivity contribution in [3.8, 4) is 6.07 Å². The van der Waals surface area contributed by atoms with Crippen molar-refractivity contribution in [1.29, 1.82) is 5.26 Å². The molecule has 0 aliphatic heterocycles. The molecular weight excluding hydrogens is 250 g/mol. The van der Waals surface area contributed by atoms with Crippen LogP contribution < -0.4 is 0 Å². The van der Waals surface area contributed by atoms with E-state index in [0.717, 1.165) is 27.9 Å². The highest BCUT2D eigenvalue weighted by Crippen LogP contribution is 2.39. The summed E-state index contributed by atoms with van der Waals surface area (Å²) in [4.78, 5) is 0. The molecule has 3 nitrogen and oxygen atoms in total. The molecule has 0 saturated carbocycles. The van der Waals surface area contributed by atoms with Crippen LogP contribution in [0.4, 0.5) is 0 Å². The third kappa shape index (κ3) is 1.43. The zero-order valence-corrected chi connectivity index (χ0v) is 10.8. The number of halogens is 1. The van der Waals surface area contributed by atoms with Crippen molar-refractivity contribution >= 4 is 33.5 Å². The Labute approximate surface area is 109 Å². The highest BCUT2D eigenvalue weighted by Gasteiger charge is 2.19. The van der Waals surface area contributed by atoms with E-state index in [1.165, 1.54) is 0 Å². The summed E-state index contributed by atoms with van der Waals surface area (Å²) in [6.07, 6.45) is 0.274. The number of hydrogen-bond donors (Lipinski definition) is 0. The van der Waals surface area contributed by atoms with Gasteiger partial charge in [-0.15, -0.1) is 0 Å². The lowest BCUT2D eigenvalue weighted by Gasteiger charge is -2.01. The molecule has 0 fully saturated rings. The number of nitrogens with zero attached hydrogens (tertiary/aromatic N) is 1. The average molecular weight is 260 g/mol. The number of aryl methyl sites for hydroxylation is 2. The van der Waals surface area contributed by atoms with Crippen molar-refractivity contribution in [2.45, 2.75) is 20.3 Å². The zero-order valence-electron chi connectivity index (χ0n) is 10.0. The standard InChI is InChI=1S/C14H10ClNO2/c1-7-5-10-9(3-4-16)13-11(6-8(2)17-13)12(15)14(10)18-7/h5-6H,3H2,1-2H3. The van der Waals surface area contributed by atoms with Gasteiger partial charge < -0.3 is 8.83 Å². The lowest BCUT2D eigenvalue weighted by Crippen LogP contribution is -1.85. The first-order valence-corrected chi connectivity index (χ1v) is 5.97. The van der Waals surface area contributed by atoms with Crippen LogP contribution in [0.25, 0.3) is 21.9 Å². The van der Waals surface area contributed by atoms with Crippen LogP contribution in [0, 0.1) is 25.2 Å². The van der Waals surface area contributed by atoms with Gasteiger partial charge in [-0.05, 0) is 26.0 Å². The van der Waals surface area contributed by atoms with Gasteiger partial charge in [0, 0.05) is 16.3 Å². The van der Waals surface area contributed by atoms with E-state index in [1.807, 2.05) is 26.0 Å². The van der Waals surface area contributed by atoms with Crippen LogP contribution in [0.2, 0.25) is 5.02 Å². The number of hydrogen-bond acceptors (Lipinski definition) is 3. The highest BCUT2D eigenvalue weighted by atomic mass is 35.5. The molecule has 0 atom stereocenters. The largest absolute Gasteiger partial charge is 0.461 e. The van der Waals surface area contributed by atoms with E-state index in [4.69, 9.17) is 25.7 Å². The minimum atomic E-state index is 0.274. The molecule has 0 aliphatic rings.